The van der Waals surface area contributed by atoms with E-state index in [1.54, 1.807) is 0 Å². The maximum atomic E-state index is 9.32. The number of aldehydes is 1. The average molecular weight is 355 g/mol. The topological polar surface area (TPSA) is 59.5 Å². The van der Waals surface area contributed by atoms with Gasteiger partial charge in [-0.3, -0.25) is 0 Å². The van der Waals surface area contributed by atoms with Crippen LogP contribution in [0, 0.1) is 6.92 Å². The summed E-state index contributed by atoms with van der Waals surface area (Å²) in [5.74, 6) is 1.48. The van der Waals surface area contributed by atoms with Crippen LogP contribution < -0.4 is 5.73 Å². The zero-order valence-electron chi connectivity index (χ0n) is 15.6. The third-order valence-electron chi connectivity index (χ3n) is 3.05. The van der Waals surface area contributed by atoms with Gasteiger partial charge in [-0.05, 0) is 32.6 Å². The standard InChI is InChI=1S/C13H18N2O.C3H5ClO.C3H8/c1-9-12(8-15(2)3)16-11-6-4-5-10(7-14)13(9)11;4-2-1-3-5;1-3-2/h4-6H,7-8,14H2,1-3H3;3H,1-2H2;3H2,1-2H3. The maximum absolute atomic E-state index is 9.32. The van der Waals surface area contributed by atoms with Crippen LogP contribution in [0.5, 0.6) is 0 Å². The van der Waals surface area contributed by atoms with Gasteiger partial charge in [0, 0.05) is 29.8 Å². The molecular weight excluding hydrogens is 324 g/mol. The van der Waals surface area contributed by atoms with Gasteiger partial charge in [-0.25, -0.2) is 0 Å². The van der Waals surface area contributed by atoms with Crippen molar-refractivity contribution in [2.75, 3.05) is 20.0 Å². The number of halogens is 1. The van der Waals surface area contributed by atoms with Gasteiger partial charge in [0.05, 0.1) is 6.54 Å². The molecule has 0 spiro atoms. The second kappa shape index (κ2) is 13.0. The van der Waals surface area contributed by atoms with Gasteiger partial charge in [-0.15, -0.1) is 11.6 Å². The highest BCUT2D eigenvalue weighted by molar-refractivity contribution is 6.18. The monoisotopic (exact) mass is 354 g/mol. The second-order valence-electron chi connectivity index (χ2n) is 5.73. The molecule has 0 radical (unpaired) electrons. The SMILES string of the molecule is CCC.Cc1c(CN(C)C)oc2cccc(CN)c12.O=CCCCl. The second-order valence-corrected chi connectivity index (χ2v) is 6.11. The number of rotatable bonds is 5. The summed E-state index contributed by atoms with van der Waals surface area (Å²) >= 11 is 5.07. The maximum Gasteiger partial charge on any atom is 0.134 e. The predicted octanol–water partition coefficient (Wildman–Crippen LogP) is 4.49. The van der Waals surface area contributed by atoms with E-state index in [9.17, 15) is 4.79 Å². The van der Waals surface area contributed by atoms with E-state index in [1.165, 1.54) is 17.4 Å². The van der Waals surface area contributed by atoms with Crippen LogP contribution in [-0.4, -0.2) is 31.2 Å². The molecule has 0 unspecified atom stereocenters. The average Bonchev–Trinajstić information content (AvgIpc) is 2.85. The van der Waals surface area contributed by atoms with Crippen LogP contribution in [-0.2, 0) is 17.9 Å². The first-order chi connectivity index (χ1) is 11.5. The van der Waals surface area contributed by atoms with Gasteiger partial charge in [-0.1, -0.05) is 32.4 Å². The number of nitrogens with zero attached hydrogens (tertiary/aromatic N) is 1. The first kappa shape index (κ1) is 22.6. The molecular formula is C19H31ClN2O2. The highest BCUT2D eigenvalue weighted by atomic mass is 35.5. The van der Waals surface area contributed by atoms with Gasteiger partial charge >= 0.3 is 0 Å². The summed E-state index contributed by atoms with van der Waals surface area (Å²) < 4.78 is 5.85. The highest BCUT2D eigenvalue weighted by Crippen LogP contribution is 2.28. The van der Waals surface area contributed by atoms with Crippen LogP contribution in [0.4, 0.5) is 0 Å². The minimum Gasteiger partial charge on any atom is -0.459 e. The van der Waals surface area contributed by atoms with Gasteiger partial charge in [0.2, 0.25) is 0 Å². The molecule has 2 aromatic rings. The molecule has 0 aliphatic heterocycles. The molecule has 0 atom stereocenters. The lowest BCUT2D eigenvalue weighted by Crippen LogP contribution is -2.10. The first-order valence-corrected chi connectivity index (χ1v) is 8.84. The van der Waals surface area contributed by atoms with Crippen molar-refractivity contribution in [3.05, 3.63) is 35.1 Å². The minimum atomic E-state index is 0.448. The lowest BCUT2D eigenvalue weighted by atomic mass is 10.1. The zero-order chi connectivity index (χ0) is 18.5. The summed E-state index contributed by atoms with van der Waals surface area (Å²) in [6, 6.07) is 6.05. The van der Waals surface area contributed by atoms with Crippen LogP contribution in [0.2, 0.25) is 0 Å². The number of benzene rings is 1. The van der Waals surface area contributed by atoms with Gasteiger partial charge in [0.1, 0.15) is 17.6 Å². The van der Waals surface area contributed by atoms with Gasteiger partial charge < -0.3 is 19.8 Å². The number of carbonyl (C=O) groups is 1. The van der Waals surface area contributed by atoms with E-state index in [4.69, 9.17) is 21.8 Å². The fourth-order valence-electron chi connectivity index (χ4n) is 2.09. The van der Waals surface area contributed by atoms with Gasteiger partial charge in [-0.2, -0.15) is 0 Å². The Morgan fingerprint density at radius 1 is 1.29 bits per heavy atom. The number of nitrogens with two attached hydrogens (primary N) is 1. The molecule has 1 aromatic carbocycles. The van der Waals surface area contributed by atoms with Crippen LogP contribution in [0.25, 0.3) is 11.0 Å². The molecule has 5 heteroatoms. The number of hydrogen-bond acceptors (Lipinski definition) is 4. The Morgan fingerprint density at radius 2 is 1.92 bits per heavy atom. The summed E-state index contributed by atoms with van der Waals surface area (Å²) in [6.45, 7) is 7.73. The fourth-order valence-corrected chi connectivity index (χ4v) is 2.18. The zero-order valence-corrected chi connectivity index (χ0v) is 16.3. The molecule has 1 heterocycles. The lowest BCUT2D eigenvalue weighted by molar-refractivity contribution is -0.107. The van der Waals surface area contributed by atoms with Crippen molar-refractivity contribution >= 4 is 28.9 Å². The van der Waals surface area contributed by atoms with Crippen molar-refractivity contribution < 1.29 is 9.21 Å². The molecule has 2 rings (SSSR count). The van der Waals surface area contributed by atoms with E-state index in [0.717, 1.165) is 29.7 Å². The van der Waals surface area contributed by atoms with Crippen molar-refractivity contribution in [3.8, 4) is 0 Å². The Hall–Kier alpha value is -1.36. The van der Waals surface area contributed by atoms with Crippen molar-refractivity contribution in [2.24, 2.45) is 5.73 Å². The van der Waals surface area contributed by atoms with E-state index >= 15 is 0 Å². The summed E-state index contributed by atoms with van der Waals surface area (Å²) in [7, 11) is 4.08. The summed E-state index contributed by atoms with van der Waals surface area (Å²) in [5, 5.41) is 1.18. The molecule has 0 saturated carbocycles. The molecule has 0 aliphatic rings. The number of alkyl halides is 1. The third-order valence-corrected chi connectivity index (χ3v) is 3.26. The van der Waals surface area contributed by atoms with Crippen molar-refractivity contribution in [1.82, 2.24) is 4.90 Å². The van der Waals surface area contributed by atoms with Gasteiger partial charge in [0.25, 0.3) is 0 Å². The molecule has 136 valence electrons. The molecule has 0 saturated heterocycles. The van der Waals surface area contributed by atoms with Crippen LogP contribution in [0.3, 0.4) is 0 Å². The fraction of sp³-hybridized carbons (Fsp3) is 0.526. The smallest absolute Gasteiger partial charge is 0.134 e. The Morgan fingerprint density at radius 3 is 2.33 bits per heavy atom. The Labute approximate surface area is 150 Å². The Bertz CT molecular complexity index is 594. The lowest BCUT2D eigenvalue weighted by Gasteiger charge is -2.07. The van der Waals surface area contributed by atoms with E-state index in [2.05, 4.69) is 31.7 Å². The third kappa shape index (κ3) is 7.47. The van der Waals surface area contributed by atoms with E-state index in [-0.39, 0.29) is 0 Å². The van der Waals surface area contributed by atoms with E-state index in [1.807, 2.05) is 26.2 Å². The number of aryl methyl sites for hydroxylation is 1. The van der Waals surface area contributed by atoms with Crippen LogP contribution in [0.1, 0.15) is 43.6 Å². The van der Waals surface area contributed by atoms with E-state index < -0.39 is 0 Å². The quantitative estimate of drug-likeness (QED) is 0.634. The Kier molecular flexibility index (Phi) is 12.3. The summed E-state index contributed by atoms with van der Waals surface area (Å²) in [6.07, 6.45) is 2.52. The largest absolute Gasteiger partial charge is 0.459 e. The van der Waals surface area contributed by atoms with Crippen LogP contribution >= 0.6 is 11.6 Å². The molecule has 0 amide bonds. The molecule has 4 nitrogen and oxygen atoms in total. The molecule has 0 fully saturated rings. The Balaban J connectivity index is 0.000000559. The van der Waals surface area contributed by atoms with Crippen LogP contribution in [0.15, 0.2) is 22.6 Å². The summed E-state index contributed by atoms with van der Waals surface area (Å²) in [5.41, 5.74) is 9.05. The van der Waals surface area contributed by atoms with Crippen molar-refractivity contribution in [2.45, 2.75) is 46.7 Å². The van der Waals surface area contributed by atoms with Crippen molar-refractivity contribution in [1.29, 1.82) is 0 Å². The van der Waals surface area contributed by atoms with Gasteiger partial charge in [0.15, 0.2) is 0 Å². The number of hydrogen-bond donors (Lipinski definition) is 1. The molecule has 2 N–H and O–H groups in total. The first-order valence-electron chi connectivity index (χ1n) is 8.30. The highest BCUT2D eigenvalue weighted by Gasteiger charge is 2.13. The minimum absolute atomic E-state index is 0.448. The molecule has 0 aliphatic carbocycles. The number of carbonyl (C=O) groups excluding carboxylic acids is 1. The molecule has 1 aromatic heterocycles. The van der Waals surface area contributed by atoms with Crippen molar-refractivity contribution in [3.63, 3.8) is 0 Å². The predicted molar refractivity (Wildman–Crippen MR) is 104 cm³/mol. The summed E-state index contributed by atoms with van der Waals surface area (Å²) in [4.78, 5) is 11.4. The number of furan rings is 1. The normalized spacial score (nSPS) is 10.0. The molecule has 0 bridgehead atoms. The number of fused-ring (bicyclic) bond motifs is 1. The molecule has 24 heavy (non-hydrogen) atoms. The van der Waals surface area contributed by atoms with E-state index in [0.29, 0.717) is 18.8 Å².